The van der Waals surface area contributed by atoms with Gasteiger partial charge >= 0.3 is 5.79 Å². The van der Waals surface area contributed by atoms with E-state index < -0.39 is 33.5 Å². The van der Waals surface area contributed by atoms with Crippen molar-refractivity contribution in [3.05, 3.63) is 42.1 Å². The summed E-state index contributed by atoms with van der Waals surface area (Å²) in [5.74, 6) is -3.53. The Balaban J connectivity index is 2.99. The molecule has 0 atom stereocenters. The topological polar surface area (TPSA) is 184 Å². The fraction of sp³-hybridized carbons (Fsp3) is 0.600. The van der Waals surface area contributed by atoms with Crippen molar-refractivity contribution in [1.82, 2.24) is 5.27 Å². The Labute approximate surface area is 96.5 Å². The summed E-state index contributed by atoms with van der Waals surface area (Å²) in [6.07, 6.45) is -0.0543. The first-order valence-corrected chi connectivity index (χ1v) is 4.32. The quantitative estimate of drug-likeness (QED) is 0.260. The lowest BCUT2D eigenvalue weighted by atomic mass is 10.2. The third-order valence-corrected chi connectivity index (χ3v) is 2.06. The fourth-order valence-corrected chi connectivity index (χ4v) is 1.12. The molecule has 1 aromatic rings. The van der Waals surface area contributed by atoms with Crippen LogP contribution in [-0.4, -0.2) is 20.6 Å². The highest BCUT2D eigenvalue weighted by atomic mass is 16.7. The molecule has 0 aliphatic carbocycles. The molecule has 13 heteroatoms. The zero-order valence-electron chi connectivity index (χ0n) is 8.59. The van der Waals surface area contributed by atoms with Gasteiger partial charge in [-0.2, -0.15) is 0 Å². The van der Waals surface area contributed by atoms with Crippen molar-refractivity contribution in [3.63, 3.8) is 0 Å². The SMILES string of the molecule is N=c1c[n+](CCC([N+](=O)[O-])([N+](=O)[O-])[N+](=O)[O-])[n-]o1. The van der Waals surface area contributed by atoms with Crippen molar-refractivity contribution in [2.45, 2.75) is 18.8 Å². The first-order valence-electron chi connectivity index (χ1n) is 4.32. The molecule has 1 aromatic heterocycles. The summed E-state index contributed by atoms with van der Waals surface area (Å²) in [6, 6.07) is 0. The second-order valence-electron chi connectivity index (χ2n) is 3.13. The first-order chi connectivity index (χ1) is 8.30. The van der Waals surface area contributed by atoms with Gasteiger partial charge in [-0.05, 0) is 0 Å². The van der Waals surface area contributed by atoms with E-state index in [9.17, 15) is 30.3 Å². The van der Waals surface area contributed by atoms with Gasteiger partial charge in [0.2, 0.25) is 12.6 Å². The van der Waals surface area contributed by atoms with Crippen LogP contribution in [0.5, 0.6) is 0 Å². The lowest BCUT2D eigenvalue weighted by Crippen LogP contribution is -2.56. The number of aromatic nitrogens is 2. The van der Waals surface area contributed by atoms with Crippen LogP contribution in [-0.2, 0) is 6.54 Å². The summed E-state index contributed by atoms with van der Waals surface area (Å²) < 4.78 is 5.11. The van der Waals surface area contributed by atoms with Crippen LogP contribution in [0.1, 0.15) is 6.42 Å². The molecule has 0 aliphatic rings. The van der Waals surface area contributed by atoms with E-state index >= 15 is 0 Å². The van der Waals surface area contributed by atoms with E-state index in [1.54, 1.807) is 0 Å². The molecular formula is C5H6N6O7. The molecule has 0 saturated heterocycles. The van der Waals surface area contributed by atoms with E-state index in [-0.39, 0.29) is 5.55 Å². The fourth-order valence-electron chi connectivity index (χ4n) is 1.12. The van der Waals surface area contributed by atoms with Crippen molar-refractivity contribution >= 4 is 0 Å². The molecule has 1 rings (SSSR count). The first kappa shape index (κ1) is 13.2. The summed E-state index contributed by atoms with van der Waals surface area (Å²) in [6.45, 7) is -0.509. The van der Waals surface area contributed by atoms with Gasteiger partial charge < -0.3 is 4.52 Å². The highest BCUT2D eigenvalue weighted by molar-refractivity contribution is 4.50. The molecule has 0 spiro atoms. The standard InChI is InChI=1S/C5H6N6O7/c6-4-3-8(7-18-4)2-1-5(9(12)13,10(14)15)11(16)17/h3,6H,1-2H2. The normalized spacial score (nSPS) is 11.1. The summed E-state index contributed by atoms with van der Waals surface area (Å²) in [5, 5.41) is 41.8. The maximum Gasteiger partial charge on any atom is 0.706 e. The van der Waals surface area contributed by atoms with Crippen molar-refractivity contribution in [3.8, 4) is 0 Å². The Morgan fingerprint density at radius 3 is 2.11 bits per heavy atom. The lowest BCUT2D eigenvalue weighted by molar-refractivity contribution is -0.975. The maximum atomic E-state index is 10.6. The van der Waals surface area contributed by atoms with Gasteiger partial charge in [0.05, 0.1) is 0 Å². The van der Waals surface area contributed by atoms with Crippen LogP contribution in [0, 0.1) is 35.8 Å². The van der Waals surface area contributed by atoms with E-state index in [0.717, 1.165) is 10.9 Å². The Hall–Kier alpha value is -2.86. The van der Waals surface area contributed by atoms with Gasteiger partial charge in [-0.1, -0.05) is 0 Å². The van der Waals surface area contributed by atoms with E-state index in [0.29, 0.717) is 0 Å². The number of aryl methyl sites for hydroxylation is 1. The zero-order chi connectivity index (χ0) is 13.9. The Morgan fingerprint density at radius 1 is 1.28 bits per heavy atom. The molecule has 0 unspecified atom stereocenters. The predicted molar refractivity (Wildman–Crippen MR) is 46.4 cm³/mol. The van der Waals surface area contributed by atoms with Gasteiger partial charge in [0.25, 0.3) is 5.55 Å². The average molecular weight is 262 g/mol. The van der Waals surface area contributed by atoms with Gasteiger partial charge in [-0.25, -0.2) is 4.68 Å². The summed E-state index contributed by atoms with van der Waals surface area (Å²) in [4.78, 5) is 27.0. The monoisotopic (exact) mass is 262 g/mol. The van der Waals surface area contributed by atoms with Crippen LogP contribution in [0.15, 0.2) is 10.7 Å². The largest absolute Gasteiger partial charge is 0.706 e. The zero-order valence-corrected chi connectivity index (χ0v) is 8.59. The van der Waals surface area contributed by atoms with Gasteiger partial charge in [-0.15, -0.1) is 0 Å². The Kier molecular flexibility index (Phi) is 3.35. The van der Waals surface area contributed by atoms with E-state index in [4.69, 9.17) is 5.41 Å². The van der Waals surface area contributed by atoms with Crippen LogP contribution in [0.4, 0.5) is 0 Å². The van der Waals surface area contributed by atoms with Crippen molar-refractivity contribution in [1.29, 1.82) is 5.41 Å². The predicted octanol–water partition coefficient (Wildman–Crippen LogP) is -2.12. The molecule has 98 valence electrons. The van der Waals surface area contributed by atoms with Gasteiger partial charge in [0.15, 0.2) is 21.3 Å². The van der Waals surface area contributed by atoms with Crippen LogP contribution in [0.25, 0.3) is 0 Å². The minimum atomic E-state index is -3.53. The highest BCUT2D eigenvalue weighted by Crippen LogP contribution is 2.16. The Bertz CT molecular complexity index is 508. The van der Waals surface area contributed by atoms with Crippen LogP contribution < -0.4 is 15.5 Å². The molecule has 1 heterocycles. The summed E-state index contributed by atoms with van der Waals surface area (Å²) in [7, 11) is 0. The molecule has 0 aliphatic heterocycles. The van der Waals surface area contributed by atoms with E-state index in [1.807, 2.05) is 0 Å². The van der Waals surface area contributed by atoms with Crippen molar-refractivity contribution in [2.24, 2.45) is 0 Å². The van der Waals surface area contributed by atoms with Crippen LogP contribution in [0.3, 0.4) is 0 Å². The maximum absolute atomic E-state index is 10.6. The van der Waals surface area contributed by atoms with E-state index in [2.05, 4.69) is 9.79 Å². The van der Waals surface area contributed by atoms with Crippen LogP contribution >= 0.6 is 0 Å². The third-order valence-electron chi connectivity index (χ3n) is 2.06. The number of nitro groups is 3. The van der Waals surface area contributed by atoms with Gasteiger partial charge in [-0.3, -0.25) is 41.0 Å². The van der Waals surface area contributed by atoms with Gasteiger partial charge in [0, 0.05) is 0 Å². The third kappa shape index (κ3) is 2.13. The minimum absolute atomic E-state index is 0.385. The second kappa shape index (κ2) is 4.56. The molecule has 0 radical (unpaired) electrons. The molecule has 1 N–H and O–H groups in total. The number of hydrogen-bond acceptors (Lipinski definition) is 8. The minimum Gasteiger partial charge on any atom is -0.487 e. The molecule has 0 fully saturated rings. The molecule has 0 aromatic carbocycles. The number of nitrogens with one attached hydrogen (secondary N) is 1. The number of rotatable bonds is 6. The summed E-state index contributed by atoms with van der Waals surface area (Å²) in [5.41, 5.74) is -0.385. The molecular weight excluding hydrogens is 256 g/mol. The molecule has 0 bridgehead atoms. The lowest BCUT2D eigenvalue weighted by Gasteiger charge is -2.07. The summed E-state index contributed by atoms with van der Waals surface area (Å²) >= 11 is 0. The van der Waals surface area contributed by atoms with Crippen LogP contribution in [0.2, 0.25) is 0 Å². The smallest absolute Gasteiger partial charge is 0.487 e. The number of hydrogen-bond donors (Lipinski definition) is 1. The molecule has 18 heavy (non-hydrogen) atoms. The number of nitrogens with zero attached hydrogens (tertiary/aromatic N) is 5. The molecule has 0 saturated carbocycles. The van der Waals surface area contributed by atoms with Crippen molar-refractivity contribution < 1.29 is 24.0 Å². The molecule has 13 nitrogen and oxygen atoms in total. The second-order valence-corrected chi connectivity index (χ2v) is 3.13. The average Bonchev–Trinajstić information content (AvgIpc) is 2.63. The van der Waals surface area contributed by atoms with Crippen molar-refractivity contribution in [2.75, 3.05) is 0 Å². The van der Waals surface area contributed by atoms with E-state index in [1.165, 1.54) is 0 Å². The highest BCUT2D eigenvalue weighted by Gasteiger charge is 2.70. The van der Waals surface area contributed by atoms with Gasteiger partial charge in [0.1, 0.15) is 0 Å². The molecule has 0 amide bonds. The Morgan fingerprint density at radius 2 is 1.78 bits per heavy atom.